The van der Waals surface area contributed by atoms with E-state index < -0.39 is 21.7 Å². The van der Waals surface area contributed by atoms with Crippen molar-refractivity contribution in [2.75, 3.05) is 17.8 Å². The van der Waals surface area contributed by atoms with E-state index in [4.69, 9.17) is 5.73 Å². The van der Waals surface area contributed by atoms with Gasteiger partial charge in [0, 0.05) is 18.7 Å². The number of anilines is 1. The van der Waals surface area contributed by atoms with Crippen LogP contribution >= 0.6 is 0 Å². The monoisotopic (exact) mass is 405 g/mol. The van der Waals surface area contributed by atoms with E-state index in [0.29, 0.717) is 24.9 Å². The number of sulfonamides is 1. The van der Waals surface area contributed by atoms with Crippen molar-refractivity contribution in [3.05, 3.63) is 59.9 Å². The normalized spacial score (nSPS) is 17.2. The van der Waals surface area contributed by atoms with Gasteiger partial charge in [-0.1, -0.05) is 12.1 Å². The van der Waals surface area contributed by atoms with Gasteiger partial charge < -0.3 is 10.6 Å². The molecule has 7 nitrogen and oxygen atoms in total. The molecule has 1 fully saturated rings. The number of amides is 2. The molecule has 0 aliphatic carbocycles. The maximum absolute atomic E-state index is 13.7. The minimum Gasteiger partial charge on any atom is -0.369 e. The third-order valence-corrected chi connectivity index (χ3v) is 6.02. The average molecular weight is 405 g/mol. The SMILES string of the molecule is NC(=O)C1CCCN(C(=O)c2ccc(S(=O)(=O)Nc3ccccc3F)cc2)C1. The first-order valence-corrected chi connectivity index (χ1v) is 10.2. The fraction of sp³-hybridized carbons (Fsp3) is 0.263. The molecule has 1 aliphatic heterocycles. The third kappa shape index (κ3) is 4.30. The molecule has 0 bridgehead atoms. The zero-order valence-corrected chi connectivity index (χ0v) is 15.8. The lowest BCUT2D eigenvalue weighted by atomic mass is 9.97. The number of rotatable bonds is 5. The second kappa shape index (κ2) is 7.97. The summed E-state index contributed by atoms with van der Waals surface area (Å²) >= 11 is 0. The van der Waals surface area contributed by atoms with Crippen LogP contribution in [0.5, 0.6) is 0 Å². The van der Waals surface area contributed by atoms with Gasteiger partial charge in [-0.05, 0) is 49.2 Å². The summed E-state index contributed by atoms with van der Waals surface area (Å²) in [6, 6.07) is 10.8. The molecule has 0 spiro atoms. The summed E-state index contributed by atoms with van der Waals surface area (Å²) in [7, 11) is -4.00. The van der Waals surface area contributed by atoms with Crippen LogP contribution in [-0.4, -0.2) is 38.2 Å². The molecular weight excluding hydrogens is 385 g/mol. The first-order valence-electron chi connectivity index (χ1n) is 8.74. The zero-order chi connectivity index (χ0) is 20.3. The van der Waals surface area contributed by atoms with Crippen molar-refractivity contribution >= 4 is 27.5 Å². The zero-order valence-electron chi connectivity index (χ0n) is 15.0. The van der Waals surface area contributed by atoms with Gasteiger partial charge in [-0.2, -0.15) is 0 Å². The third-order valence-electron chi connectivity index (χ3n) is 4.64. The standard InChI is InChI=1S/C19H20FN3O4S/c20-16-5-1-2-6-17(16)22-28(26,27)15-9-7-13(8-10-15)19(25)23-11-3-4-14(12-23)18(21)24/h1-2,5-10,14,22H,3-4,11-12H2,(H2,21,24). The Morgan fingerprint density at radius 2 is 1.79 bits per heavy atom. The van der Waals surface area contributed by atoms with Crippen LogP contribution in [0.1, 0.15) is 23.2 Å². The number of primary amides is 1. The highest BCUT2D eigenvalue weighted by Gasteiger charge is 2.27. The van der Waals surface area contributed by atoms with Crippen LogP contribution in [0.2, 0.25) is 0 Å². The van der Waals surface area contributed by atoms with Crippen LogP contribution in [0.25, 0.3) is 0 Å². The molecule has 148 valence electrons. The molecule has 2 amide bonds. The van der Waals surface area contributed by atoms with E-state index in [1.54, 1.807) is 4.90 Å². The van der Waals surface area contributed by atoms with Gasteiger partial charge in [-0.15, -0.1) is 0 Å². The minimum atomic E-state index is -4.00. The number of halogens is 1. The highest BCUT2D eigenvalue weighted by molar-refractivity contribution is 7.92. The van der Waals surface area contributed by atoms with Crippen molar-refractivity contribution in [3.63, 3.8) is 0 Å². The van der Waals surface area contributed by atoms with Gasteiger partial charge in [0.15, 0.2) is 0 Å². The number of piperidine rings is 1. The summed E-state index contributed by atoms with van der Waals surface area (Å²) in [6.07, 6.45) is 1.33. The van der Waals surface area contributed by atoms with E-state index in [1.165, 1.54) is 42.5 Å². The predicted octanol–water partition coefficient (Wildman–Crippen LogP) is 1.96. The fourth-order valence-electron chi connectivity index (χ4n) is 3.10. The molecule has 3 rings (SSSR count). The Kier molecular flexibility index (Phi) is 5.64. The Morgan fingerprint density at radius 1 is 1.11 bits per heavy atom. The molecule has 1 saturated heterocycles. The summed E-state index contributed by atoms with van der Waals surface area (Å²) in [5, 5.41) is 0. The highest BCUT2D eigenvalue weighted by atomic mass is 32.2. The van der Waals surface area contributed by atoms with Crippen molar-refractivity contribution in [2.45, 2.75) is 17.7 Å². The van der Waals surface area contributed by atoms with E-state index in [9.17, 15) is 22.4 Å². The molecule has 2 aromatic carbocycles. The number of para-hydroxylation sites is 1. The lowest BCUT2D eigenvalue weighted by Gasteiger charge is -2.31. The Hall–Kier alpha value is -2.94. The maximum Gasteiger partial charge on any atom is 0.261 e. The number of nitrogens with one attached hydrogen (secondary N) is 1. The minimum absolute atomic E-state index is 0.0963. The van der Waals surface area contributed by atoms with Gasteiger partial charge in [0.1, 0.15) is 5.82 Å². The number of benzene rings is 2. The molecule has 0 radical (unpaired) electrons. The number of carbonyl (C=O) groups is 2. The lowest BCUT2D eigenvalue weighted by molar-refractivity contribution is -0.123. The van der Waals surface area contributed by atoms with Crippen molar-refractivity contribution in [1.29, 1.82) is 0 Å². The van der Waals surface area contributed by atoms with Crippen LogP contribution in [0.4, 0.5) is 10.1 Å². The number of hydrogen-bond donors (Lipinski definition) is 2. The Labute approximate surface area is 162 Å². The number of hydrogen-bond acceptors (Lipinski definition) is 4. The molecule has 1 atom stereocenters. The largest absolute Gasteiger partial charge is 0.369 e. The van der Waals surface area contributed by atoms with Crippen LogP contribution in [0.3, 0.4) is 0 Å². The van der Waals surface area contributed by atoms with Gasteiger partial charge in [0.05, 0.1) is 16.5 Å². The second-order valence-electron chi connectivity index (χ2n) is 6.60. The number of nitrogens with two attached hydrogens (primary N) is 1. The van der Waals surface area contributed by atoms with Crippen LogP contribution < -0.4 is 10.5 Å². The molecule has 1 unspecified atom stereocenters. The predicted molar refractivity (Wildman–Crippen MR) is 101 cm³/mol. The molecule has 28 heavy (non-hydrogen) atoms. The van der Waals surface area contributed by atoms with E-state index in [0.717, 1.165) is 6.07 Å². The van der Waals surface area contributed by atoms with Crippen molar-refractivity contribution < 1.29 is 22.4 Å². The lowest BCUT2D eigenvalue weighted by Crippen LogP contribution is -2.44. The smallest absolute Gasteiger partial charge is 0.261 e. The Morgan fingerprint density at radius 3 is 2.43 bits per heavy atom. The molecular formula is C19H20FN3O4S. The summed E-state index contributed by atoms with van der Waals surface area (Å²) in [5.41, 5.74) is 5.47. The van der Waals surface area contributed by atoms with Crippen molar-refractivity contribution in [1.82, 2.24) is 4.90 Å². The van der Waals surface area contributed by atoms with Gasteiger partial charge in [-0.3, -0.25) is 14.3 Å². The maximum atomic E-state index is 13.7. The van der Waals surface area contributed by atoms with E-state index in [1.807, 2.05) is 0 Å². The fourth-order valence-corrected chi connectivity index (χ4v) is 4.17. The molecule has 9 heteroatoms. The second-order valence-corrected chi connectivity index (χ2v) is 8.28. The number of carbonyl (C=O) groups excluding carboxylic acids is 2. The molecule has 1 aliphatic rings. The molecule has 0 saturated carbocycles. The van der Waals surface area contributed by atoms with Crippen molar-refractivity contribution in [3.8, 4) is 0 Å². The van der Waals surface area contributed by atoms with Gasteiger partial charge in [-0.25, -0.2) is 12.8 Å². The number of likely N-dealkylation sites (tertiary alicyclic amines) is 1. The van der Waals surface area contributed by atoms with E-state index in [-0.39, 0.29) is 29.0 Å². The first kappa shape index (κ1) is 19.8. The molecule has 1 heterocycles. The topological polar surface area (TPSA) is 110 Å². The summed E-state index contributed by atoms with van der Waals surface area (Å²) in [5.74, 6) is -1.79. The van der Waals surface area contributed by atoms with E-state index >= 15 is 0 Å². The average Bonchev–Trinajstić information content (AvgIpc) is 2.69. The molecule has 3 N–H and O–H groups in total. The summed E-state index contributed by atoms with van der Waals surface area (Å²) < 4.78 is 40.7. The molecule has 2 aromatic rings. The summed E-state index contributed by atoms with van der Waals surface area (Å²) in [6.45, 7) is 0.764. The van der Waals surface area contributed by atoms with Crippen molar-refractivity contribution in [2.24, 2.45) is 11.7 Å². The van der Waals surface area contributed by atoms with Gasteiger partial charge in [0.25, 0.3) is 15.9 Å². The van der Waals surface area contributed by atoms with Crippen LogP contribution in [0, 0.1) is 11.7 Å². The van der Waals surface area contributed by atoms with Crippen LogP contribution in [-0.2, 0) is 14.8 Å². The number of nitrogens with zero attached hydrogens (tertiary/aromatic N) is 1. The summed E-state index contributed by atoms with van der Waals surface area (Å²) in [4.78, 5) is 25.4. The van der Waals surface area contributed by atoms with Crippen LogP contribution in [0.15, 0.2) is 53.4 Å². The van der Waals surface area contributed by atoms with E-state index in [2.05, 4.69) is 4.72 Å². The highest BCUT2D eigenvalue weighted by Crippen LogP contribution is 2.21. The van der Waals surface area contributed by atoms with Gasteiger partial charge in [0.2, 0.25) is 5.91 Å². The quantitative estimate of drug-likeness (QED) is 0.792. The Balaban J connectivity index is 1.75. The van der Waals surface area contributed by atoms with Gasteiger partial charge >= 0.3 is 0 Å². The Bertz CT molecular complexity index is 992. The molecule has 0 aromatic heterocycles. The first-order chi connectivity index (χ1) is 13.3.